The summed E-state index contributed by atoms with van der Waals surface area (Å²) < 4.78 is 54.2. The molecule has 0 aliphatic heterocycles. The van der Waals surface area contributed by atoms with E-state index >= 15 is 0 Å². The maximum atomic E-state index is 12.6. The molecule has 1 aliphatic carbocycles. The van der Waals surface area contributed by atoms with Gasteiger partial charge in [-0.25, -0.2) is 4.98 Å². The van der Waals surface area contributed by atoms with Gasteiger partial charge in [-0.15, -0.1) is 0 Å². The van der Waals surface area contributed by atoms with Crippen molar-refractivity contribution in [2.45, 2.75) is 25.1 Å². The Hall–Kier alpha value is -1.99. The van der Waals surface area contributed by atoms with Crippen LogP contribution in [0.1, 0.15) is 18.4 Å². The van der Waals surface area contributed by atoms with E-state index in [4.69, 9.17) is 25.8 Å². The van der Waals surface area contributed by atoms with Crippen LogP contribution >= 0.6 is 11.6 Å². The molecule has 1 aromatic heterocycles. The van der Waals surface area contributed by atoms with Crippen molar-refractivity contribution in [2.75, 3.05) is 13.2 Å². The topological polar surface area (TPSA) is 40.6 Å². The van der Waals surface area contributed by atoms with E-state index in [0.717, 1.165) is 18.9 Å². The number of benzene rings is 1. The van der Waals surface area contributed by atoms with E-state index < -0.39 is 11.7 Å². The molecule has 1 saturated carbocycles. The standard InChI is InChI=1S/C17H14ClF3NO3/c18-15-8-11(17(19,20)21)10-22-16(15)25-14-3-1-2-13(9-14)24-7-6-23-12-4-5-12/h1-3,8,10,12H,4-7H2. The number of hydrogen-bond donors (Lipinski definition) is 0. The van der Waals surface area contributed by atoms with Gasteiger partial charge in [0.05, 0.1) is 24.3 Å². The van der Waals surface area contributed by atoms with Crippen LogP contribution in [0, 0.1) is 6.07 Å². The zero-order valence-corrected chi connectivity index (χ0v) is 13.7. The van der Waals surface area contributed by atoms with Gasteiger partial charge < -0.3 is 14.2 Å². The Morgan fingerprint density at radius 1 is 1.20 bits per heavy atom. The van der Waals surface area contributed by atoms with E-state index in [1.165, 1.54) is 0 Å². The summed E-state index contributed by atoms with van der Waals surface area (Å²) in [4.78, 5) is 3.62. The molecule has 0 atom stereocenters. The molecule has 1 aromatic carbocycles. The van der Waals surface area contributed by atoms with Crippen molar-refractivity contribution in [1.82, 2.24) is 4.98 Å². The molecule has 4 nitrogen and oxygen atoms in total. The highest BCUT2D eigenvalue weighted by Crippen LogP contribution is 2.35. The monoisotopic (exact) mass is 372 g/mol. The normalized spacial score (nSPS) is 14.4. The van der Waals surface area contributed by atoms with Crippen LogP contribution < -0.4 is 9.47 Å². The van der Waals surface area contributed by atoms with Gasteiger partial charge in [-0.1, -0.05) is 17.7 Å². The Balaban J connectivity index is 1.61. The van der Waals surface area contributed by atoms with E-state index in [2.05, 4.69) is 11.1 Å². The van der Waals surface area contributed by atoms with Crippen molar-refractivity contribution in [3.8, 4) is 17.4 Å². The molecule has 133 valence electrons. The number of aromatic nitrogens is 1. The van der Waals surface area contributed by atoms with Gasteiger partial charge in [0.25, 0.3) is 0 Å². The fourth-order valence-corrected chi connectivity index (χ4v) is 2.14. The highest BCUT2D eigenvalue weighted by Gasteiger charge is 2.31. The average molecular weight is 373 g/mol. The number of halogens is 4. The summed E-state index contributed by atoms with van der Waals surface area (Å²) in [6, 6.07) is 8.54. The Kier molecular flexibility index (Phi) is 5.34. The van der Waals surface area contributed by atoms with Gasteiger partial charge in [-0.05, 0) is 31.0 Å². The van der Waals surface area contributed by atoms with Crippen LogP contribution in [0.15, 0.2) is 30.5 Å². The maximum absolute atomic E-state index is 12.6. The van der Waals surface area contributed by atoms with Gasteiger partial charge in [0.1, 0.15) is 23.1 Å². The smallest absolute Gasteiger partial charge is 0.417 e. The first-order valence-corrected chi connectivity index (χ1v) is 7.97. The molecule has 0 bridgehead atoms. The molecule has 2 aromatic rings. The zero-order valence-electron chi connectivity index (χ0n) is 13.0. The third-order valence-electron chi connectivity index (χ3n) is 3.30. The molecule has 0 spiro atoms. The van der Waals surface area contributed by atoms with Crippen molar-refractivity contribution in [2.24, 2.45) is 0 Å². The van der Waals surface area contributed by atoms with Gasteiger partial charge in [0, 0.05) is 6.20 Å². The number of hydrogen-bond acceptors (Lipinski definition) is 4. The van der Waals surface area contributed by atoms with Crippen LogP contribution in [0.4, 0.5) is 13.2 Å². The minimum atomic E-state index is -4.52. The molecular weight excluding hydrogens is 359 g/mol. The lowest BCUT2D eigenvalue weighted by molar-refractivity contribution is -0.137. The van der Waals surface area contributed by atoms with Crippen LogP contribution in [0.2, 0.25) is 5.02 Å². The number of ether oxygens (including phenoxy) is 3. The molecule has 0 amide bonds. The summed E-state index contributed by atoms with van der Waals surface area (Å²) in [6.45, 7) is 0.853. The van der Waals surface area contributed by atoms with E-state index in [9.17, 15) is 13.2 Å². The highest BCUT2D eigenvalue weighted by molar-refractivity contribution is 6.31. The molecule has 1 fully saturated rings. The van der Waals surface area contributed by atoms with Gasteiger partial charge in [-0.2, -0.15) is 13.2 Å². The van der Waals surface area contributed by atoms with Crippen LogP contribution in [-0.2, 0) is 10.9 Å². The lowest BCUT2D eigenvalue weighted by Gasteiger charge is -2.11. The summed E-state index contributed by atoms with van der Waals surface area (Å²) in [7, 11) is 0. The van der Waals surface area contributed by atoms with Crippen LogP contribution in [0.5, 0.6) is 17.4 Å². The quantitative estimate of drug-likeness (QED) is 0.648. The predicted molar refractivity (Wildman–Crippen MR) is 84.1 cm³/mol. The first-order chi connectivity index (χ1) is 11.9. The van der Waals surface area contributed by atoms with Crippen molar-refractivity contribution >= 4 is 11.6 Å². The summed E-state index contributed by atoms with van der Waals surface area (Å²) >= 11 is 5.81. The summed E-state index contributed by atoms with van der Waals surface area (Å²) in [5.41, 5.74) is -0.943. The molecule has 0 N–H and O–H groups in total. The van der Waals surface area contributed by atoms with Crippen molar-refractivity contribution in [3.63, 3.8) is 0 Å². The largest absolute Gasteiger partial charge is 0.490 e. The van der Waals surface area contributed by atoms with Crippen LogP contribution in [0.25, 0.3) is 0 Å². The predicted octanol–water partition coefficient (Wildman–Crippen LogP) is 4.90. The minimum Gasteiger partial charge on any atom is -0.490 e. The highest BCUT2D eigenvalue weighted by atomic mass is 35.5. The molecule has 25 heavy (non-hydrogen) atoms. The number of rotatable bonds is 7. The summed E-state index contributed by atoms with van der Waals surface area (Å²) in [5.74, 6) is 0.523. The molecule has 1 radical (unpaired) electrons. The van der Waals surface area contributed by atoms with Crippen molar-refractivity contribution < 1.29 is 27.4 Å². The molecule has 1 aliphatic rings. The van der Waals surface area contributed by atoms with Gasteiger partial charge in [0.2, 0.25) is 5.88 Å². The fraction of sp³-hybridized carbons (Fsp3) is 0.353. The molecule has 3 rings (SSSR count). The third kappa shape index (κ3) is 5.24. The second-order valence-electron chi connectivity index (χ2n) is 5.41. The first kappa shape index (κ1) is 17.8. The number of nitrogens with zero attached hydrogens (tertiary/aromatic N) is 1. The third-order valence-corrected chi connectivity index (χ3v) is 3.57. The SMILES string of the molecule is FC(F)(F)c1cnc(Oc2[c]c(OCCOC3CC3)ccc2)c(Cl)c1. The molecule has 0 unspecified atom stereocenters. The second kappa shape index (κ2) is 7.49. The van der Waals surface area contributed by atoms with Crippen molar-refractivity contribution in [1.29, 1.82) is 0 Å². The average Bonchev–Trinajstić information content (AvgIpc) is 3.37. The lowest BCUT2D eigenvalue weighted by Crippen LogP contribution is -2.07. The van der Waals surface area contributed by atoms with E-state index in [1.807, 2.05) is 0 Å². The van der Waals surface area contributed by atoms with Crippen LogP contribution in [-0.4, -0.2) is 24.3 Å². The molecule has 0 saturated heterocycles. The Morgan fingerprint density at radius 3 is 2.64 bits per heavy atom. The number of pyridine rings is 1. The van der Waals surface area contributed by atoms with Crippen molar-refractivity contribution in [3.05, 3.63) is 47.1 Å². The van der Waals surface area contributed by atoms with Gasteiger partial charge in [-0.3, -0.25) is 0 Å². The van der Waals surface area contributed by atoms with E-state index in [-0.39, 0.29) is 16.7 Å². The molecule has 8 heteroatoms. The number of alkyl halides is 3. The lowest BCUT2D eigenvalue weighted by atomic mass is 10.3. The minimum absolute atomic E-state index is 0.139. The van der Waals surface area contributed by atoms with Crippen LogP contribution in [0.3, 0.4) is 0 Å². The second-order valence-corrected chi connectivity index (χ2v) is 5.82. The van der Waals surface area contributed by atoms with E-state index in [0.29, 0.717) is 31.3 Å². The first-order valence-electron chi connectivity index (χ1n) is 7.59. The zero-order chi connectivity index (χ0) is 17.9. The summed E-state index contributed by atoms with van der Waals surface area (Å²) in [5, 5.41) is -0.243. The maximum Gasteiger partial charge on any atom is 0.417 e. The molecule has 1 heterocycles. The molecular formula is C17H14ClF3NO3. The van der Waals surface area contributed by atoms with Gasteiger partial charge >= 0.3 is 6.18 Å². The Morgan fingerprint density at radius 2 is 1.96 bits per heavy atom. The Labute approximate surface area is 147 Å². The Bertz CT molecular complexity index is 735. The van der Waals surface area contributed by atoms with E-state index in [1.54, 1.807) is 18.2 Å². The fourth-order valence-electron chi connectivity index (χ4n) is 1.93. The van der Waals surface area contributed by atoms with Gasteiger partial charge in [0.15, 0.2) is 0 Å². The summed E-state index contributed by atoms with van der Waals surface area (Å²) in [6.07, 6.45) is -1.31.